The molecule has 3 rings (SSSR count). The first-order valence-corrected chi connectivity index (χ1v) is 9.20. The molecule has 1 heterocycles. The van der Waals surface area contributed by atoms with Crippen LogP contribution in [0.1, 0.15) is 24.0 Å². The normalized spacial score (nSPS) is 13.5. The Labute approximate surface area is 155 Å². The molecule has 2 aromatic rings. The van der Waals surface area contributed by atoms with E-state index in [1.807, 2.05) is 24.3 Å². The Kier molecular flexibility index (Phi) is 6.31. The average Bonchev–Trinajstić information content (AvgIpc) is 2.70. The first kappa shape index (κ1) is 18.1. The second-order valence-corrected chi connectivity index (χ2v) is 6.44. The van der Waals surface area contributed by atoms with Crippen molar-refractivity contribution in [2.75, 3.05) is 31.6 Å². The van der Waals surface area contributed by atoms with E-state index in [9.17, 15) is 4.79 Å². The maximum absolute atomic E-state index is 12.0. The molecule has 4 heteroatoms. The summed E-state index contributed by atoms with van der Waals surface area (Å²) in [7, 11) is 1.63. The molecule has 0 saturated heterocycles. The van der Waals surface area contributed by atoms with Gasteiger partial charge in [0.2, 0.25) is 5.91 Å². The van der Waals surface area contributed by atoms with Gasteiger partial charge in [0, 0.05) is 37.0 Å². The number of nitrogens with one attached hydrogen (secondary N) is 1. The molecule has 0 aliphatic carbocycles. The molecule has 0 atom stereocenters. The maximum atomic E-state index is 12.0. The van der Waals surface area contributed by atoms with Gasteiger partial charge >= 0.3 is 0 Å². The maximum Gasteiger partial charge on any atom is 0.244 e. The molecule has 0 bridgehead atoms. The molecular weight excluding hydrogens is 324 g/mol. The lowest BCUT2D eigenvalue weighted by molar-refractivity contribution is -0.116. The molecule has 136 valence electrons. The first-order valence-electron chi connectivity index (χ1n) is 9.20. The Balaban J connectivity index is 1.44. The van der Waals surface area contributed by atoms with Gasteiger partial charge in [-0.15, -0.1) is 0 Å². The van der Waals surface area contributed by atoms with E-state index < -0.39 is 0 Å². The monoisotopic (exact) mass is 350 g/mol. The molecule has 26 heavy (non-hydrogen) atoms. The van der Waals surface area contributed by atoms with Gasteiger partial charge in [-0.25, -0.2) is 0 Å². The van der Waals surface area contributed by atoms with Crippen molar-refractivity contribution >= 4 is 17.7 Å². The van der Waals surface area contributed by atoms with Crippen LogP contribution in [0.4, 0.5) is 5.69 Å². The minimum Gasteiger partial charge on any atom is -0.496 e. The number of rotatable bonds is 7. The summed E-state index contributed by atoms with van der Waals surface area (Å²) in [5, 5.41) is 2.96. The van der Waals surface area contributed by atoms with Crippen molar-refractivity contribution in [1.82, 2.24) is 5.32 Å². The van der Waals surface area contributed by atoms with Crippen molar-refractivity contribution in [3.05, 3.63) is 65.7 Å². The third-order valence-corrected chi connectivity index (χ3v) is 4.66. The predicted octanol–water partition coefficient (Wildman–Crippen LogP) is 3.67. The second-order valence-electron chi connectivity index (χ2n) is 6.44. The number of nitrogens with zero attached hydrogens (tertiary/aromatic N) is 1. The van der Waals surface area contributed by atoms with E-state index in [4.69, 9.17) is 4.74 Å². The Hall–Kier alpha value is -2.75. The highest BCUT2D eigenvalue weighted by Crippen LogP contribution is 2.26. The van der Waals surface area contributed by atoms with E-state index in [0.717, 1.165) is 37.2 Å². The molecule has 0 unspecified atom stereocenters. The van der Waals surface area contributed by atoms with Crippen LogP contribution in [-0.4, -0.2) is 32.7 Å². The van der Waals surface area contributed by atoms with E-state index in [2.05, 4.69) is 34.5 Å². The summed E-state index contributed by atoms with van der Waals surface area (Å²) in [6.45, 7) is 2.74. The zero-order valence-corrected chi connectivity index (χ0v) is 15.3. The molecule has 1 amide bonds. The Morgan fingerprint density at radius 3 is 2.88 bits per heavy atom. The van der Waals surface area contributed by atoms with E-state index in [0.29, 0.717) is 6.54 Å². The van der Waals surface area contributed by atoms with Crippen molar-refractivity contribution in [3.63, 3.8) is 0 Å². The molecule has 2 aromatic carbocycles. The minimum atomic E-state index is -0.0741. The summed E-state index contributed by atoms with van der Waals surface area (Å²) in [6, 6.07) is 16.3. The van der Waals surface area contributed by atoms with Gasteiger partial charge in [0.05, 0.1) is 7.11 Å². The van der Waals surface area contributed by atoms with Crippen LogP contribution >= 0.6 is 0 Å². The van der Waals surface area contributed by atoms with Crippen LogP contribution in [-0.2, 0) is 11.2 Å². The highest BCUT2D eigenvalue weighted by molar-refractivity contribution is 5.92. The van der Waals surface area contributed by atoms with E-state index in [-0.39, 0.29) is 5.91 Å². The number of hydrogen-bond acceptors (Lipinski definition) is 3. The number of aryl methyl sites for hydroxylation is 1. The number of para-hydroxylation sites is 2. The molecule has 1 N–H and O–H groups in total. The van der Waals surface area contributed by atoms with Crippen molar-refractivity contribution in [2.24, 2.45) is 0 Å². The van der Waals surface area contributed by atoms with E-state index >= 15 is 0 Å². The molecule has 0 radical (unpaired) electrons. The van der Waals surface area contributed by atoms with Crippen molar-refractivity contribution in [2.45, 2.75) is 19.3 Å². The van der Waals surface area contributed by atoms with Crippen LogP contribution in [0.5, 0.6) is 5.75 Å². The van der Waals surface area contributed by atoms with Crippen molar-refractivity contribution in [3.8, 4) is 5.75 Å². The third kappa shape index (κ3) is 4.66. The second kappa shape index (κ2) is 9.09. The van der Waals surface area contributed by atoms with Gasteiger partial charge in [-0.05, 0) is 43.0 Å². The molecule has 0 saturated carbocycles. The van der Waals surface area contributed by atoms with E-state index in [1.165, 1.54) is 17.7 Å². The lowest BCUT2D eigenvalue weighted by Crippen LogP contribution is -2.32. The Bertz CT molecular complexity index is 770. The smallest absolute Gasteiger partial charge is 0.244 e. The minimum absolute atomic E-state index is 0.0741. The topological polar surface area (TPSA) is 41.6 Å². The quantitative estimate of drug-likeness (QED) is 0.612. The third-order valence-electron chi connectivity index (χ3n) is 4.66. The van der Waals surface area contributed by atoms with Gasteiger partial charge in [-0.2, -0.15) is 0 Å². The average molecular weight is 350 g/mol. The summed E-state index contributed by atoms with van der Waals surface area (Å²) in [4.78, 5) is 14.4. The predicted molar refractivity (Wildman–Crippen MR) is 107 cm³/mol. The molecule has 1 aliphatic heterocycles. The number of carbonyl (C=O) groups excluding carboxylic acids is 1. The van der Waals surface area contributed by atoms with Crippen LogP contribution in [0, 0.1) is 0 Å². The van der Waals surface area contributed by atoms with Crippen molar-refractivity contribution in [1.29, 1.82) is 0 Å². The Morgan fingerprint density at radius 1 is 1.19 bits per heavy atom. The van der Waals surface area contributed by atoms with E-state index in [1.54, 1.807) is 19.3 Å². The zero-order valence-electron chi connectivity index (χ0n) is 15.3. The fourth-order valence-corrected chi connectivity index (χ4v) is 3.35. The number of fused-ring (bicyclic) bond motifs is 1. The van der Waals surface area contributed by atoms with Gasteiger partial charge in [0.15, 0.2) is 0 Å². The molecule has 0 fully saturated rings. The van der Waals surface area contributed by atoms with Gasteiger partial charge in [0.1, 0.15) is 5.75 Å². The summed E-state index contributed by atoms with van der Waals surface area (Å²) in [5.74, 6) is 0.690. The van der Waals surface area contributed by atoms with Crippen molar-refractivity contribution < 1.29 is 9.53 Å². The lowest BCUT2D eigenvalue weighted by Gasteiger charge is -2.31. The SMILES string of the molecule is COc1ccccc1/C=C/C(=O)NCCCN1CCCc2ccccc21. The number of hydrogen-bond donors (Lipinski definition) is 1. The number of benzene rings is 2. The number of anilines is 1. The first-order chi connectivity index (χ1) is 12.8. The number of methoxy groups -OCH3 is 1. The molecule has 1 aliphatic rings. The van der Waals surface area contributed by atoms with Gasteiger partial charge in [-0.1, -0.05) is 36.4 Å². The summed E-state index contributed by atoms with van der Waals surface area (Å²) in [6.07, 6.45) is 6.65. The highest BCUT2D eigenvalue weighted by atomic mass is 16.5. The highest BCUT2D eigenvalue weighted by Gasteiger charge is 2.15. The van der Waals surface area contributed by atoms with Gasteiger partial charge < -0.3 is 15.0 Å². The number of ether oxygens (including phenoxy) is 1. The lowest BCUT2D eigenvalue weighted by atomic mass is 10.0. The molecular formula is C22H26N2O2. The van der Waals surface area contributed by atoms with Crippen LogP contribution in [0.25, 0.3) is 6.08 Å². The standard InChI is InChI=1S/C22H26N2O2/c1-26-21-12-5-3-9-19(21)13-14-22(25)23-15-7-17-24-16-6-10-18-8-2-4-11-20(18)24/h2-5,8-9,11-14H,6-7,10,15-17H2,1H3,(H,23,25)/b14-13+. The van der Waals surface area contributed by atoms with Crippen LogP contribution in [0.2, 0.25) is 0 Å². The van der Waals surface area contributed by atoms with Gasteiger partial charge in [-0.3, -0.25) is 4.79 Å². The Morgan fingerprint density at radius 2 is 2.00 bits per heavy atom. The van der Waals surface area contributed by atoms with Crippen LogP contribution < -0.4 is 15.0 Å². The fourth-order valence-electron chi connectivity index (χ4n) is 3.35. The summed E-state index contributed by atoms with van der Waals surface area (Å²) < 4.78 is 5.28. The summed E-state index contributed by atoms with van der Waals surface area (Å²) in [5.41, 5.74) is 3.68. The van der Waals surface area contributed by atoms with Crippen LogP contribution in [0.15, 0.2) is 54.6 Å². The van der Waals surface area contributed by atoms with Crippen LogP contribution in [0.3, 0.4) is 0 Å². The molecule has 0 spiro atoms. The largest absolute Gasteiger partial charge is 0.496 e. The zero-order chi connectivity index (χ0) is 18.2. The molecule has 0 aromatic heterocycles. The fraction of sp³-hybridized carbons (Fsp3) is 0.318. The number of amides is 1. The summed E-state index contributed by atoms with van der Waals surface area (Å²) >= 11 is 0. The molecule has 4 nitrogen and oxygen atoms in total. The number of carbonyl (C=O) groups is 1. The van der Waals surface area contributed by atoms with Gasteiger partial charge in [0.25, 0.3) is 0 Å².